The lowest BCUT2D eigenvalue weighted by molar-refractivity contribution is -0.180. The number of unbranched alkanes of at least 4 members (excludes halogenated alkanes) is 8. The molecule has 1 heterocycles. The second kappa shape index (κ2) is 14.7. The third kappa shape index (κ3) is 12.9. The van der Waals surface area contributed by atoms with Crippen LogP contribution in [0.15, 0.2) is 0 Å². The van der Waals surface area contributed by atoms with E-state index in [0.717, 1.165) is 83.6 Å². The first-order valence-corrected chi connectivity index (χ1v) is 11.2. The minimum Gasteiger partial charge on any atom is -0.481 e. The highest BCUT2D eigenvalue weighted by Gasteiger charge is 2.40. The van der Waals surface area contributed by atoms with E-state index >= 15 is 0 Å². The van der Waals surface area contributed by atoms with Crippen LogP contribution in [-0.2, 0) is 19.1 Å². The van der Waals surface area contributed by atoms with E-state index in [1.807, 2.05) is 14.1 Å². The normalized spacial score (nSPS) is 18.4. The molecule has 0 amide bonds. The zero-order valence-corrected chi connectivity index (χ0v) is 18.4. The van der Waals surface area contributed by atoms with Crippen LogP contribution in [0.1, 0.15) is 89.9 Å². The summed E-state index contributed by atoms with van der Waals surface area (Å²) in [6, 6.07) is 0. The van der Waals surface area contributed by atoms with Crippen molar-refractivity contribution < 1.29 is 29.3 Å². The average Bonchev–Trinajstić information content (AvgIpc) is 3.02. The highest BCUT2D eigenvalue weighted by molar-refractivity contribution is 5.66. The Morgan fingerprint density at radius 3 is 1.72 bits per heavy atom. The van der Waals surface area contributed by atoms with Gasteiger partial charge < -0.3 is 24.6 Å². The summed E-state index contributed by atoms with van der Waals surface area (Å²) in [5, 5.41) is 17.4. The van der Waals surface area contributed by atoms with Crippen LogP contribution in [0.25, 0.3) is 0 Å². The van der Waals surface area contributed by atoms with Gasteiger partial charge in [-0.05, 0) is 39.8 Å². The number of ether oxygens (including phenoxy) is 2. The third-order valence-corrected chi connectivity index (χ3v) is 5.38. The molecule has 1 rings (SSSR count). The van der Waals surface area contributed by atoms with Gasteiger partial charge in [-0.25, -0.2) is 0 Å². The SMILES string of the molecule is CN(C)CC1COC(CCCCCCCC(=O)O)(CCCCCCCC(=O)O)O1. The lowest BCUT2D eigenvalue weighted by atomic mass is 9.99. The van der Waals surface area contributed by atoms with E-state index in [9.17, 15) is 9.59 Å². The summed E-state index contributed by atoms with van der Waals surface area (Å²) in [6.07, 6.45) is 12.1. The van der Waals surface area contributed by atoms with Gasteiger partial charge in [-0.3, -0.25) is 9.59 Å². The van der Waals surface area contributed by atoms with Crippen LogP contribution < -0.4 is 0 Å². The van der Waals surface area contributed by atoms with Crippen molar-refractivity contribution in [1.29, 1.82) is 0 Å². The number of carboxylic acid groups (broad SMARTS) is 2. The van der Waals surface area contributed by atoms with E-state index in [2.05, 4.69) is 4.90 Å². The molecule has 1 aliphatic heterocycles. The van der Waals surface area contributed by atoms with Crippen LogP contribution in [0.4, 0.5) is 0 Å². The first-order chi connectivity index (χ1) is 13.8. The fraction of sp³-hybridized carbons (Fsp3) is 0.909. The summed E-state index contributed by atoms with van der Waals surface area (Å²) in [5.74, 6) is -1.92. The van der Waals surface area contributed by atoms with E-state index < -0.39 is 17.7 Å². The Morgan fingerprint density at radius 1 is 0.828 bits per heavy atom. The molecule has 0 aromatic heterocycles. The van der Waals surface area contributed by atoms with Crippen molar-refractivity contribution in [3.8, 4) is 0 Å². The van der Waals surface area contributed by atoms with Gasteiger partial charge in [-0.15, -0.1) is 0 Å². The van der Waals surface area contributed by atoms with Crippen molar-refractivity contribution in [1.82, 2.24) is 4.90 Å². The molecule has 0 spiro atoms. The fourth-order valence-corrected chi connectivity index (χ4v) is 3.90. The van der Waals surface area contributed by atoms with Crippen LogP contribution in [-0.4, -0.2) is 66.2 Å². The molecule has 1 fully saturated rings. The molecule has 0 radical (unpaired) electrons. The average molecular weight is 416 g/mol. The van der Waals surface area contributed by atoms with Gasteiger partial charge in [0.2, 0.25) is 0 Å². The summed E-state index contributed by atoms with van der Waals surface area (Å²) in [5.41, 5.74) is 0. The number of aliphatic carboxylic acids is 2. The summed E-state index contributed by atoms with van der Waals surface area (Å²) in [4.78, 5) is 23.2. The predicted molar refractivity (Wildman–Crippen MR) is 112 cm³/mol. The molecule has 0 bridgehead atoms. The lowest BCUT2D eigenvalue weighted by Gasteiger charge is -2.29. The van der Waals surface area contributed by atoms with Gasteiger partial charge in [0, 0.05) is 32.2 Å². The standard InChI is InChI=1S/C22H41NO6/c1-23(2)17-19-18-28-22(29-19,15-11-7-3-5-9-13-20(24)25)16-12-8-4-6-10-14-21(26)27/h19H,3-18H2,1-2H3,(H,24,25)(H,26,27). The fourth-order valence-electron chi connectivity index (χ4n) is 3.90. The molecule has 0 aliphatic carbocycles. The Hall–Kier alpha value is -1.18. The zero-order valence-electron chi connectivity index (χ0n) is 18.4. The van der Waals surface area contributed by atoms with Gasteiger partial charge in [0.25, 0.3) is 0 Å². The Morgan fingerprint density at radius 2 is 1.28 bits per heavy atom. The van der Waals surface area contributed by atoms with Gasteiger partial charge in [-0.1, -0.05) is 38.5 Å². The minimum atomic E-state index is -0.716. The molecule has 0 aromatic carbocycles. The summed E-state index contributed by atoms with van der Waals surface area (Å²) < 4.78 is 12.5. The number of rotatable bonds is 18. The van der Waals surface area contributed by atoms with Crippen molar-refractivity contribution in [2.75, 3.05) is 27.2 Å². The number of likely N-dealkylation sites (N-methyl/N-ethyl adjacent to an activating group) is 1. The lowest BCUT2D eigenvalue weighted by Crippen LogP contribution is -2.33. The highest BCUT2D eigenvalue weighted by atomic mass is 16.7. The van der Waals surface area contributed by atoms with Crippen molar-refractivity contribution in [3.63, 3.8) is 0 Å². The summed E-state index contributed by atoms with van der Waals surface area (Å²) in [7, 11) is 4.08. The number of carbonyl (C=O) groups is 2. The molecule has 7 heteroatoms. The number of carboxylic acids is 2. The molecule has 1 aliphatic rings. The number of hydrogen-bond donors (Lipinski definition) is 2. The summed E-state index contributed by atoms with van der Waals surface area (Å²) >= 11 is 0. The Balaban J connectivity index is 2.31. The zero-order chi connectivity index (χ0) is 21.5. The maximum atomic E-state index is 10.6. The molecule has 2 N–H and O–H groups in total. The molecule has 170 valence electrons. The van der Waals surface area contributed by atoms with E-state index in [-0.39, 0.29) is 18.9 Å². The molecule has 29 heavy (non-hydrogen) atoms. The molecule has 7 nitrogen and oxygen atoms in total. The maximum Gasteiger partial charge on any atom is 0.303 e. The molecule has 0 aromatic rings. The molecular formula is C22H41NO6. The molecular weight excluding hydrogens is 374 g/mol. The number of hydrogen-bond acceptors (Lipinski definition) is 5. The van der Waals surface area contributed by atoms with Crippen LogP contribution in [0.3, 0.4) is 0 Å². The predicted octanol–water partition coefficient (Wildman–Crippen LogP) is 4.29. The van der Waals surface area contributed by atoms with Crippen LogP contribution in [0.2, 0.25) is 0 Å². The van der Waals surface area contributed by atoms with Gasteiger partial charge in [0.1, 0.15) is 0 Å². The maximum absolute atomic E-state index is 10.6. The molecule has 0 saturated carbocycles. The van der Waals surface area contributed by atoms with Gasteiger partial charge in [-0.2, -0.15) is 0 Å². The topological polar surface area (TPSA) is 96.3 Å². The first-order valence-electron chi connectivity index (χ1n) is 11.2. The van der Waals surface area contributed by atoms with Crippen molar-refractivity contribution >= 4 is 11.9 Å². The van der Waals surface area contributed by atoms with Crippen molar-refractivity contribution in [2.24, 2.45) is 0 Å². The van der Waals surface area contributed by atoms with Crippen molar-refractivity contribution in [3.05, 3.63) is 0 Å². The van der Waals surface area contributed by atoms with Crippen LogP contribution in [0, 0.1) is 0 Å². The summed E-state index contributed by atoms with van der Waals surface area (Å²) in [6.45, 7) is 1.49. The second-order valence-electron chi connectivity index (χ2n) is 8.55. The third-order valence-electron chi connectivity index (χ3n) is 5.38. The van der Waals surface area contributed by atoms with Crippen LogP contribution in [0.5, 0.6) is 0 Å². The van der Waals surface area contributed by atoms with Gasteiger partial charge in [0.05, 0.1) is 12.7 Å². The van der Waals surface area contributed by atoms with E-state index in [0.29, 0.717) is 6.61 Å². The minimum absolute atomic E-state index is 0.108. The molecule has 1 unspecified atom stereocenters. The second-order valence-corrected chi connectivity index (χ2v) is 8.55. The Kier molecular flexibility index (Phi) is 13.1. The van der Waals surface area contributed by atoms with E-state index in [1.165, 1.54) is 0 Å². The number of nitrogens with zero attached hydrogens (tertiary/aromatic N) is 1. The molecule has 1 atom stereocenters. The van der Waals surface area contributed by atoms with E-state index in [1.54, 1.807) is 0 Å². The quantitative estimate of drug-likeness (QED) is 0.322. The monoisotopic (exact) mass is 415 g/mol. The van der Waals surface area contributed by atoms with Crippen LogP contribution >= 0.6 is 0 Å². The van der Waals surface area contributed by atoms with E-state index in [4.69, 9.17) is 19.7 Å². The van der Waals surface area contributed by atoms with Crippen molar-refractivity contribution in [2.45, 2.75) is 102 Å². The largest absolute Gasteiger partial charge is 0.481 e. The molecule has 1 saturated heterocycles. The first kappa shape index (κ1) is 25.9. The van der Waals surface area contributed by atoms with Gasteiger partial charge in [0.15, 0.2) is 5.79 Å². The Labute approximate surface area is 175 Å². The smallest absolute Gasteiger partial charge is 0.303 e. The highest BCUT2D eigenvalue weighted by Crippen LogP contribution is 2.34. The van der Waals surface area contributed by atoms with Gasteiger partial charge >= 0.3 is 11.9 Å². The Bertz CT molecular complexity index is 440.